The van der Waals surface area contributed by atoms with E-state index in [1.54, 1.807) is 0 Å². The van der Waals surface area contributed by atoms with E-state index in [-0.39, 0.29) is 12.8 Å². The smallest absolute Gasteiger partial charge is 0.369 e. The summed E-state index contributed by atoms with van der Waals surface area (Å²) in [6.45, 7) is 2.38. The normalized spacial score (nSPS) is 11.5. The van der Waals surface area contributed by atoms with Gasteiger partial charge in [-0.2, -0.15) is 8.42 Å². The zero-order chi connectivity index (χ0) is 21.5. The monoisotopic (exact) mass is 452 g/mol. The molecule has 0 unspecified atom stereocenters. The van der Waals surface area contributed by atoms with Gasteiger partial charge in [-0.05, 0) is 6.42 Å². The van der Waals surface area contributed by atoms with E-state index < -0.39 is 10.4 Å². The van der Waals surface area contributed by atoms with Crippen LogP contribution < -0.4 is 6.15 Å². The van der Waals surface area contributed by atoms with E-state index in [9.17, 15) is 8.42 Å². The first-order valence-electron chi connectivity index (χ1n) is 12.7. The molecule has 0 rings (SSSR count). The van der Waals surface area contributed by atoms with Gasteiger partial charge < -0.3 is 6.15 Å². The molecule has 0 spiro atoms. The van der Waals surface area contributed by atoms with Crippen LogP contribution in [0, 0.1) is 0 Å². The highest BCUT2D eigenvalue weighted by molar-refractivity contribution is 7.80. The van der Waals surface area contributed by atoms with Crippen molar-refractivity contribution in [1.82, 2.24) is 6.15 Å². The summed E-state index contributed by atoms with van der Waals surface area (Å²) in [6.07, 6.45) is 29.3. The van der Waals surface area contributed by atoms with Crippen molar-refractivity contribution in [2.75, 3.05) is 6.61 Å². The number of hydrogen-bond acceptors (Lipinski definition) is 3. The summed E-state index contributed by atoms with van der Waals surface area (Å²) in [5.74, 6) is 0. The largest absolute Gasteiger partial charge is 0.397 e. The molecule has 0 amide bonds. The zero-order valence-electron chi connectivity index (χ0n) is 20.3. The first kappa shape index (κ1) is 32.0. The molecular weight excluding hydrogens is 398 g/mol. The van der Waals surface area contributed by atoms with E-state index >= 15 is 0 Å². The fraction of sp³-hybridized carbons (Fsp3) is 1.00. The number of unbranched alkanes of at least 4 members (excludes halogenated alkanes) is 21. The summed E-state index contributed by atoms with van der Waals surface area (Å²) in [5.41, 5.74) is 0. The molecule has 0 fully saturated rings. The molecule has 0 heterocycles. The van der Waals surface area contributed by atoms with Gasteiger partial charge in [0, 0.05) is 0 Å². The molecule has 0 aliphatic heterocycles. The molecule has 0 atom stereocenters. The summed E-state index contributed by atoms with van der Waals surface area (Å²) in [7, 11) is -4.25. The summed E-state index contributed by atoms with van der Waals surface area (Å²) < 4.78 is 33.5. The molecule has 0 aromatic heterocycles. The van der Waals surface area contributed by atoms with Gasteiger partial charge in [0.25, 0.3) is 0 Å². The van der Waals surface area contributed by atoms with Gasteiger partial charge in [-0.15, -0.1) is 0 Å². The van der Waals surface area contributed by atoms with Crippen molar-refractivity contribution < 1.29 is 17.2 Å². The lowest BCUT2D eigenvalue weighted by Crippen LogP contribution is -2.04. The first-order chi connectivity index (χ1) is 14.1. The maximum atomic E-state index is 10.4. The second kappa shape index (κ2) is 25.1. The minimum Gasteiger partial charge on any atom is -0.369 e. The van der Waals surface area contributed by atoms with Gasteiger partial charge in [0.2, 0.25) is 0 Å². The Hall–Kier alpha value is -0.170. The second-order valence-electron chi connectivity index (χ2n) is 8.67. The fourth-order valence-electron chi connectivity index (χ4n) is 3.88. The van der Waals surface area contributed by atoms with Crippen LogP contribution in [0.2, 0.25) is 0 Å². The highest BCUT2D eigenvalue weighted by Gasteiger charge is 2.02. The minimum absolute atomic E-state index is 0. The van der Waals surface area contributed by atoms with E-state index in [4.69, 9.17) is 4.55 Å². The number of hydrogen-bond donors (Lipinski definition) is 2. The molecule has 0 saturated carbocycles. The Balaban J connectivity index is 0. The van der Waals surface area contributed by atoms with Crippen LogP contribution in [0.5, 0.6) is 0 Å². The molecule has 184 valence electrons. The highest BCUT2D eigenvalue weighted by atomic mass is 32.3. The Bertz CT molecular complexity index is 415. The predicted octanol–water partition coefficient (Wildman–Crippen LogP) is 8.78. The van der Waals surface area contributed by atoms with Gasteiger partial charge in [0.15, 0.2) is 0 Å². The predicted molar refractivity (Wildman–Crippen MR) is 131 cm³/mol. The molecular formula is C24H54NO4S+. The van der Waals surface area contributed by atoms with E-state index in [0.29, 0.717) is 6.42 Å². The van der Waals surface area contributed by atoms with Crippen LogP contribution in [0.1, 0.15) is 148 Å². The lowest BCUT2D eigenvalue weighted by molar-refractivity contribution is 0.261. The molecule has 5 nitrogen and oxygen atoms in total. The molecule has 0 radical (unpaired) electrons. The van der Waals surface area contributed by atoms with Crippen molar-refractivity contribution in [3.8, 4) is 0 Å². The summed E-state index contributed by atoms with van der Waals surface area (Å²) in [6, 6.07) is 0. The zero-order valence-corrected chi connectivity index (χ0v) is 21.2. The quantitative estimate of drug-likeness (QED) is 0.113. The van der Waals surface area contributed by atoms with Gasteiger partial charge in [-0.25, -0.2) is 4.18 Å². The third-order valence-corrected chi connectivity index (χ3v) is 6.19. The van der Waals surface area contributed by atoms with Crippen LogP contribution in [-0.2, 0) is 14.6 Å². The molecule has 0 bridgehead atoms. The topological polar surface area (TPSA) is 100 Å². The van der Waals surface area contributed by atoms with E-state index in [2.05, 4.69) is 11.1 Å². The lowest BCUT2D eigenvalue weighted by Gasteiger charge is -2.04. The van der Waals surface area contributed by atoms with Crippen LogP contribution in [0.25, 0.3) is 0 Å². The van der Waals surface area contributed by atoms with Gasteiger partial charge in [-0.1, -0.05) is 142 Å². The van der Waals surface area contributed by atoms with Crippen LogP contribution >= 0.6 is 0 Å². The van der Waals surface area contributed by atoms with Crippen LogP contribution in [0.3, 0.4) is 0 Å². The lowest BCUT2D eigenvalue weighted by atomic mass is 10.0. The Morgan fingerprint density at radius 2 is 0.733 bits per heavy atom. The van der Waals surface area contributed by atoms with Gasteiger partial charge in [-0.3, -0.25) is 4.55 Å². The SMILES string of the molecule is CCCCCCCCCCCCCCCCCCCCCCCCOS(=O)(=O)O.[NH4+]. The van der Waals surface area contributed by atoms with Gasteiger partial charge in [0.05, 0.1) is 6.61 Å². The Morgan fingerprint density at radius 3 is 0.967 bits per heavy atom. The Morgan fingerprint density at radius 1 is 0.500 bits per heavy atom. The van der Waals surface area contributed by atoms with Crippen molar-refractivity contribution in [3.63, 3.8) is 0 Å². The molecule has 0 aliphatic carbocycles. The molecule has 6 heteroatoms. The molecule has 0 aromatic rings. The van der Waals surface area contributed by atoms with Gasteiger partial charge in [0.1, 0.15) is 0 Å². The van der Waals surface area contributed by atoms with Gasteiger partial charge >= 0.3 is 10.4 Å². The maximum absolute atomic E-state index is 10.4. The second-order valence-corrected chi connectivity index (χ2v) is 9.77. The molecule has 0 aromatic carbocycles. The maximum Gasteiger partial charge on any atom is 0.397 e. The Labute approximate surface area is 188 Å². The van der Waals surface area contributed by atoms with Crippen molar-refractivity contribution in [1.29, 1.82) is 0 Å². The minimum atomic E-state index is -4.25. The number of quaternary nitrogens is 1. The average molecular weight is 453 g/mol. The average Bonchev–Trinajstić information content (AvgIpc) is 2.67. The van der Waals surface area contributed by atoms with Crippen molar-refractivity contribution >= 4 is 10.4 Å². The summed E-state index contributed by atoms with van der Waals surface area (Å²) >= 11 is 0. The summed E-state index contributed by atoms with van der Waals surface area (Å²) in [5, 5.41) is 0. The van der Waals surface area contributed by atoms with Crippen molar-refractivity contribution in [2.45, 2.75) is 148 Å². The molecule has 0 saturated heterocycles. The molecule has 5 N–H and O–H groups in total. The fourth-order valence-corrected chi connectivity index (χ4v) is 4.20. The van der Waals surface area contributed by atoms with E-state index in [0.717, 1.165) is 12.8 Å². The molecule has 30 heavy (non-hydrogen) atoms. The van der Waals surface area contributed by atoms with Crippen LogP contribution in [0.4, 0.5) is 0 Å². The Kier molecular flexibility index (Phi) is 26.8. The third-order valence-electron chi connectivity index (χ3n) is 5.73. The highest BCUT2D eigenvalue weighted by Crippen LogP contribution is 2.15. The van der Waals surface area contributed by atoms with E-state index in [1.807, 2.05) is 0 Å². The van der Waals surface area contributed by atoms with E-state index in [1.165, 1.54) is 122 Å². The number of rotatable bonds is 24. The first-order valence-corrected chi connectivity index (χ1v) is 14.0. The standard InChI is InChI=1S/C24H50O4S.H3N/c1-2-3-4-5-6-7-8-9-10-11-12-13-14-15-16-17-18-19-20-21-22-23-24-28-29(25,26)27;/h2-24H2,1H3,(H,25,26,27);1H3/p+1. The molecule has 0 aliphatic rings. The van der Waals surface area contributed by atoms with Crippen molar-refractivity contribution in [2.24, 2.45) is 0 Å². The van der Waals surface area contributed by atoms with Crippen molar-refractivity contribution in [3.05, 3.63) is 0 Å². The van der Waals surface area contributed by atoms with Crippen LogP contribution in [-0.4, -0.2) is 19.6 Å². The van der Waals surface area contributed by atoms with Crippen LogP contribution in [0.15, 0.2) is 0 Å². The third kappa shape index (κ3) is 30.0. The summed E-state index contributed by atoms with van der Waals surface area (Å²) in [4.78, 5) is 0.